The molecular formula is C35H61F3N6O8. The summed E-state index contributed by atoms with van der Waals surface area (Å²) >= 11 is 0. The normalized spacial score (nSPS) is 26.2. The van der Waals surface area contributed by atoms with E-state index in [0.29, 0.717) is 12.8 Å². The zero-order valence-corrected chi connectivity index (χ0v) is 31.5. The molecule has 1 rings (SSSR count). The van der Waals surface area contributed by atoms with Crippen LogP contribution in [0.5, 0.6) is 0 Å². The summed E-state index contributed by atoms with van der Waals surface area (Å²) in [6.45, 7) is 6.94. The van der Waals surface area contributed by atoms with Crippen molar-refractivity contribution in [1.29, 1.82) is 0 Å². The topological polar surface area (TPSA) is 209 Å². The second kappa shape index (κ2) is 23.2. The Bertz CT molecular complexity index is 1170. The van der Waals surface area contributed by atoms with Gasteiger partial charge in [0.15, 0.2) is 0 Å². The molecule has 1 aliphatic rings. The number of aliphatic hydroxyl groups is 1. The molecule has 7 N–H and O–H groups in total. The van der Waals surface area contributed by atoms with Crippen LogP contribution in [0.25, 0.3) is 0 Å². The molecule has 0 spiro atoms. The fourth-order valence-electron chi connectivity index (χ4n) is 5.91. The number of hydrogen-bond donors (Lipinski definition) is 6. The lowest BCUT2D eigenvalue weighted by molar-refractivity contribution is -0.159. The number of nitrogens with one attached hydrogen (secondary N) is 4. The minimum Gasteiger partial charge on any atom is -0.460 e. The minimum absolute atomic E-state index is 0.220. The van der Waals surface area contributed by atoms with Crippen molar-refractivity contribution < 1.29 is 51.8 Å². The Labute approximate surface area is 305 Å². The molecule has 5 amide bonds. The van der Waals surface area contributed by atoms with Gasteiger partial charge in [-0.05, 0) is 32.1 Å². The quantitative estimate of drug-likeness (QED) is 0.107. The molecule has 0 aromatic rings. The molecule has 8 unspecified atom stereocenters. The van der Waals surface area contributed by atoms with E-state index in [1.54, 1.807) is 13.8 Å². The zero-order valence-electron chi connectivity index (χ0n) is 31.5. The number of cyclic esters (lactones) is 1. The van der Waals surface area contributed by atoms with Crippen LogP contribution in [-0.4, -0.2) is 108 Å². The number of alkyl halides is 3. The van der Waals surface area contributed by atoms with E-state index in [2.05, 4.69) is 28.2 Å². The first kappa shape index (κ1) is 46.6. The number of hydrogen-bond acceptors (Lipinski definition) is 9. The van der Waals surface area contributed by atoms with Gasteiger partial charge in [0, 0.05) is 20.0 Å². The smallest absolute Gasteiger partial charge is 0.389 e. The van der Waals surface area contributed by atoms with Gasteiger partial charge in [-0.2, -0.15) is 13.2 Å². The maximum Gasteiger partial charge on any atom is 0.389 e. The second-order valence-corrected chi connectivity index (χ2v) is 13.8. The first-order chi connectivity index (χ1) is 24.4. The van der Waals surface area contributed by atoms with Crippen LogP contribution < -0.4 is 27.0 Å². The summed E-state index contributed by atoms with van der Waals surface area (Å²) in [4.78, 5) is 81.2. The highest BCUT2D eigenvalue weighted by atomic mass is 19.4. The molecule has 1 heterocycles. The highest BCUT2D eigenvalue weighted by Crippen LogP contribution is 2.26. The summed E-state index contributed by atoms with van der Waals surface area (Å²) in [7, 11) is 1.18. The molecule has 8 atom stereocenters. The van der Waals surface area contributed by atoms with Gasteiger partial charge < -0.3 is 41.7 Å². The summed E-state index contributed by atoms with van der Waals surface area (Å²) in [5.41, 5.74) is 5.75. The monoisotopic (exact) mass is 750 g/mol. The average molecular weight is 751 g/mol. The largest absolute Gasteiger partial charge is 0.460 e. The Balaban J connectivity index is 3.57. The Kier molecular flexibility index (Phi) is 20.8. The van der Waals surface area contributed by atoms with Crippen molar-refractivity contribution in [2.75, 3.05) is 20.1 Å². The van der Waals surface area contributed by atoms with Crippen LogP contribution >= 0.6 is 0 Å². The number of likely N-dealkylation sites (N-methyl/N-ethyl adjacent to an activating group) is 1. The molecule has 300 valence electrons. The third-order valence-electron chi connectivity index (χ3n) is 9.52. The lowest BCUT2D eigenvalue weighted by atomic mass is 9.95. The predicted molar refractivity (Wildman–Crippen MR) is 187 cm³/mol. The minimum atomic E-state index is -4.67. The summed E-state index contributed by atoms with van der Waals surface area (Å²) in [6, 6.07) is -6.06. The Hall–Kier alpha value is -3.47. The third kappa shape index (κ3) is 16.0. The van der Waals surface area contributed by atoms with Gasteiger partial charge in [-0.1, -0.05) is 79.1 Å². The van der Waals surface area contributed by atoms with Crippen molar-refractivity contribution >= 4 is 35.5 Å². The van der Waals surface area contributed by atoms with Gasteiger partial charge >= 0.3 is 12.1 Å². The molecule has 17 heteroatoms. The van der Waals surface area contributed by atoms with Crippen LogP contribution in [-0.2, 0) is 33.5 Å². The Morgan fingerprint density at radius 2 is 1.42 bits per heavy atom. The molecule has 0 radical (unpaired) electrons. The molecule has 0 bridgehead atoms. The van der Waals surface area contributed by atoms with Gasteiger partial charge in [-0.25, -0.2) is 0 Å². The number of esters is 1. The van der Waals surface area contributed by atoms with E-state index < -0.39 is 116 Å². The average Bonchev–Trinajstić information content (AvgIpc) is 3.08. The van der Waals surface area contributed by atoms with Crippen molar-refractivity contribution in [3.05, 3.63) is 0 Å². The number of halogens is 3. The number of ether oxygens (including phenoxy) is 1. The molecule has 0 aromatic carbocycles. The lowest BCUT2D eigenvalue weighted by Crippen LogP contribution is -2.62. The maximum absolute atomic E-state index is 13.9. The highest BCUT2D eigenvalue weighted by molar-refractivity contribution is 5.96. The highest BCUT2D eigenvalue weighted by Gasteiger charge is 2.40. The summed E-state index contributed by atoms with van der Waals surface area (Å²) < 4.78 is 46.0. The fourth-order valence-corrected chi connectivity index (χ4v) is 5.91. The summed E-state index contributed by atoms with van der Waals surface area (Å²) in [5.74, 6) is -7.22. The number of carbonyl (C=O) groups is 6. The van der Waals surface area contributed by atoms with Crippen LogP contribution in [0.3, 0.4) is 0 Å². The number of aliphatic hydroxyl groups excluding tert-OH is 1. The van der Waals surface area contributed by atoms with Crippen LogP contribution in [0.15, 0.2) is 0 Å². The summed E-state index contributed by atoms with van der Waals surface area (Å²) in [5, 5.41) is 19.8. The molecule has 52 heavy (non-hydrogen) atoms. The number of unbranched alkanes of at least 4 members (excludes halogenated alkanes) is 7. The van der Waals surface area contributed by atoms with E-state index in [1.165, 1.54) is 20.9 Å². The van der Waals surface area contributed by atoms with E-state index in [0.717, 1.165) is 49.8 Å². The summed E-state index contributed by atoms with van der Waals surface area (Å²) in [6.07, 6.45) is -1.17. The van der Waals surface area contributed by atoms with Crippen LogP contribution in [0.4, 0.5) is 13.2 Å². The van der Waals surface area contributed by atoms with Crippen molar-refractivity contribution in [3.8, 4) is 0 Å². The van der Waals surface area contributed by atoms with Crippen LogP contribution in [0.2, 0.25) is 0 Å². The first-order valence-electron chi connectivity index (χ1n) is 18.5. The van der Waals surface area contributed by atoms with Gasteiger partial charge in [0.25, 0.3) is 0 Å². The number of nitrogens with zero attached hydrogens (tertiary/aromatic N) is 1. The zero-order chi connectivity index (χ0) is 39.6. The van der Waals surface area contributed by atoms with E-state index in [-0.39, 0.29) is 6.42 Å². The van der Waals surface area contributed by atoms with E-state index in [4.69, 9.17) is 10.5 Å². The maximum atomic E-state index is 13.9. The number of carbonyl (C=O) groups excluding carboxylic acids is 6. The first-order valence-corrected chi connectivity index (χ1v) is 18.5. The standard InChI is InChI=1S/C35H61F3N6O8/c1-7-9-10-11-12-13-14-15-16-26-22(4)34(51)44(6)25(17-18-35(36,37)38)31(48)42-28(21(3)8-2)33(50)41-24(19-39)30(47)43-29(23(5)45)32(49)40-20-27(46)52-26/h21-26,28-29,45H,7-20,39H2,1-6H3,(H,40,49)(H,41,50)(H,42,48)(H,43,47). The molecule has 0 aromatic heterocycles. The third-order valence-corrected chi connectivity index (χ3v) is 9.52. The number of rotatable bonds is 15. The van der Waals surface area contributed by atoms with Crippen molar-refractivity contribution in [3.63, 3.8) is 0 Å². The van der Waals surface area contributed by atoms with Gasteiger partial charge in [-0.15, -0.1) is 0 Å². The molecule has 1 saturated heterocycles. The van der Waals surface area contributed by atoms with E-state index in [1.807, 2.05) is 0 Å². The van der Waals surface area contributed by atoms with Gasteiger partial charge in [0.05, 0.1) is 12.0 Å². The molecule has 0 saturated carbocycles. The van der Waals surface area contributed by atoms with E-state index in [9.17, 15) is 47.0 Å². The number of nitrogens with two attached hydrogens (primary N) is 1. The van der Waals surface area contributed by atoms with Gasteiger partial charge in [-0.3, -0.25) is 28.8 Å². The lowest BCUT2D eigenvalue weighted by Gasteiger charge is -2.34. The molecular weight excluding hydrogens is 689 g/mol. The molecule has 1 aliphatic heterocycles. The van der Waals surface area contributed by atoms with Crippen LogP contribution in [0.1, 0.15) is 112 Å². The fraction of sp³-hybridized carbons (Fsp3) is 0.829. The van der Waals surface area contributed by atoms with Gasteiger partial charge in [0.1, 0.15) is 36.8 Å². The molecule has 0 aliphatic carbocycles. The van der Waals surface area contributed by atoms with Gasteiger partial charge in [0.2, 0.25) is 29.5 Å². The molecule has 1 fully saturated rings. The number of amides is 5. The Morgan fingerprint density at radius 1 is 0.846 bits per heavy atom. The SMILES string of the molecule is CCCCCCCCCCC1OC(=O)CNC(=O)C(C(C)O)NC(=O)C(CN)NC(=O)C(C(C)CC)NC(=O)C(CCC(F)(F)F)N(C)C(=O)C1C. The Morgan fingerprint density at radius 3 is 1.96 bits per heavy atom. The van der Waals surface area contributed by atoms with Crippen molar-refractivity contribution in [2.24, 2.45) is 17.6 Å². The predicted octanol–water partition coefficient (Wildman–Crippen LogP) is 2.20. The van der Waals surface area contributed by atoms with Crippen molar-refractivity contribution in [2.45, 2.75) is 154 Å². The van der Waals surface area contributed by atoms with E-state index >= 15 is 0 Å². The second-order valence-electron chi connectivity index (χ2n) is 13.8. The van der Waals surface area contributed by atoms with Crippen molar-refractivity contribution in [1.82, 2.24) is 26.2 Å². The van der Waals surface area contributed by atoms with Crippen LogP contribution in [0, 0.1) is 11.8 Å². The molecule has 14 nitrogen and oxygen atoms in total.